The molecule has 25 heavy (non-hydrogen) atoms. The predicted molar refractivity (Wildman–Crippen MR) is 96.1 cm³/mol. The number of pyridine rings is 1. The lowest BCUT2D eigenvalue weighted by Crippen LogP contribution is -2.38. The highest BCUT2D eigenvalue weighted by Crippen LogP contribution is 2.18. The fourth-order valence-corrected chi connectivity index (χ4v) is 2.46. The van der Waals surface area contributed by atoms with Crippen LogP contribution in [0.2, 0.25) is 0 Å². The molecule has 2 rings (SSSR count). The quantitative estimate of drug-likeness (QED) is 0.782. The van der Waals surface area contributed by atoms with E-state index in [1.807, 2.05) is 37.3 Å². The van der Waals surface area contributed by atoms with E-state index in [0.717, 1.165) is 24.1 Å². The maximum atomic E-state index is 12.4. The number of carbonyl (C=O) groups excluding carboxylic acids is 2. The summed E-state index contributed by atoms with van der Waals surface area (Å²) >= 11 is 0. The van der Waals surface area contributed by atoms with E-state index >= 15 is 0 Å². The lowest BCUT2D eigenvalue weighted by atomic mass is 10.0. The van der Waals surface area contributed by atoms with Gasteiger partial charge in [-0.15, -0.1) is 0 Å². The molecule has 0 aliphatic heterocycles. The summed E-state index contributed by atoms with van der Waals surface area (Å²) in [7, 11) is 0. The molecular weight excluding hydrogens is 316 g/mol. The van der Waals surface area contributed by atoms with Crippen molar-refractivity contribution in [3.8, 4) is 0 Å². The van der Waals surface area contributed by atoms with Crippen LogP contribution in [0.15, 0.2) is 48.7 Å². The van der Waals surface area contributed by atoms with Crippen molar-refractivity contribution in [3.05, 3.63) is 65.5 Å². The van der Waals surface area contributed by atoms with Crippen LogP contribution in [0.25, 0.3) is 0 Å². The van der Waals surface area contributed by atoms with Gasteiger partial charge < -0.3 is 10.1 Å². The summed E-state index contributed by atoms with van der Waals surface area (Å²) in [6.45, 7) is 5.47. The number of amides is 1. The lowest BCUT2D eigenvalue weighted by Gasteiger charge is -2.21. The number of esters is 1. The van der Waals surface area contributed by atoms with Gasteiger partial charge in [-0.1, -0.05) is 43.7 Å². The van der Waals surface area contributed by atoms with E-state index in [9.17, 15) is 9.59 Å². The number of aromatic nitrogens is 1. The van der Waals surface area contributed by atoms with Gasteiger partial charge in [0.2, 0.25) is 0 Å². The molecule has 0 saturated heterocycles. The maximum absolute atomic E-state index is 12.4. The van der Waals surface area contributed by atoms with Crippen molar-refractivity contribution < 1.29 is 14.3 Å². The highest BCUT2D eigenvalue weighted by atomic mass is 16.5. The molecule has 1 amide bonds. The van der Waals surface area contributed by atoms with Crippen LogP contribution in [0.4, 0.5) is 0 Å². The van der Waals surface area contributed by atoms with Crippen molar-refractivity contribution in [1.29, 1.82) is 0 Å². The van der Waals surface area contributed by atoms with E-state index in [1.165, 1.54) is 6.20 Å². The smallest absolute Gasteiger partial charge is 0.340 e. The maximum Gasteiger partial charge on any atom is 0.340 e. The van der Waals surface area contributed by atoms with E-state index in [4.69, 9.17) is 4.74 Å². The molecule has 0 bridgehead atoms. The van der Waals surface area contributed by atoms with E-state index < -0.39 is 12.1 Å². The summed E-state index contributed by atoms with van der Waals surface area (Å²) in [5, 5.41) is 2.97. The molecule has 1 heterocycles. The monoisotopic (exact) mass is 340 g/mol. The Morgan fingerprint density at radius 1 is 1.16 bits per heavy atom. The Morgan fingerprint density at radius 3 is 2.48 bits per heavy atom. The largest absolute Gasteiger partial charge is 0.449 e. The summed E-state index contributed by atoms with van der Waals surface area (Å²) in [5.74, 6) is -0.863. The zero-order chi connectivity index (χ0) is 18.2. The number of nitrogens with one attached hydrogen (secondary N) is 1. The molecule has 0 aliphatic rings. The summed E-state index contributed by atoms with van der Waals surface area (Å²) in [4.78, 5) is 28.6. The Morgan fingerprint density at radius 2 is 1.88 bits per heavy atom. The Bertz CT molecular complexity index is 699. The number of aryl methyl sites for hydroxylation is 1. The van der Waals surface area contributed by atoms with E-state index in [-0.39, 0.29) is 11.9 Å². The normalized spacial score (nSPS) is 12.9. The van der Waals surface area contributed by atoms with Crippen molar-refractivity contribution in [2.75, 3.05) is 0 Å². The molecule has 0 spiro atoms. The summed E-state index contributed by atoms with van der Waals surface area (Å²) in [6, 6.07) is 13.1. The van der Waals surface area contributed by atoms with Crippen molar-refractivity contribution in [2.45, 2.75) is 45.8 Å². The van der Waals surface area contributed by atoms with Gasteiger partial charge in [0.15, 0.2) is 6.10 Å². The van der Waals surface area contributed by atoms with Gasteiger partial charge in [-0.2, -0.15) is 0 Å². The Balaban J connectivity index is 1.98. The Kier molecular flexibility index (Phi) is 6.69. The minimum absolute atomic E-state index is 0.0964. The fourth-order valence-electron chi connectivity index (χ4n) is 2.46. The van der Waals surface area contributed by atoms with Crippen LogP contribution in [0.3, 0.4) is 0 Å². The van der Waals surface area contributed by atoms with Crippen LogP contribution in [0, 0.1) is 6.92 Å². The average Bonchev–Trinajstić information content (AvgIpc) is 2.62. The first-order chi connectivity index (χ1) is 12.0. The summed E-state index contributed by atoms with van der Waals surface area (Å²) < 4.78 is 5.26. The number of hydrogen-bond donors (Lipinski definition) is 1. The second kappa shape index (κ2) is 8.97. The predicted octanol–water partition coefficient (Wildman–Crippen LogP) is 3.59. The molecule has 132 valence electrons. The van der Waals surface area contributed by atoms with E-state index in [0.29, 0.717) is 5.56 Å². The molecule has 5 heteroatoms. The average molecular weight is 340 g/mol. The lowest BCUT2D eigenvalue weighted by molar-refractivity contribution is -0.129. The highest BCUT2D eigenvalue weighted by molar-refractivity contribution is 5.92. The van der Waals surface area contributed by atoms with Gasteiger partial charge in [0.25, 0.3) is 5.91 Å². The third kappa shape index (κ3) is 5.41. The molecule has 0 saturated carbocycles. The topological polar surface area (TPSA) is 68.3 Å². The van der Waals surface area contributed by atoms with Crippen molar-refractivity contribution >= 4 is 11.9 Å². The standard InChI is InChI=1S/C20H24N2O3/c1-4-8-18(16-9-6-5-7-10-16)22-19(23)15(3)25-20(24)17-12-11-14(2)21-13-17/h5-7,9-13,15,18H,4,8H2,1-3H3,(H,22,23)/t15-,18+/m0/s1. The molecule has 2 atom stereocenters. The van der Waals surface area contributed by atoms with Gasteiger partial charge in [0.05, 0.1) is 11.6 Å². The minimum atomic E-state index is -0.878. The molecule has 0 fully saturated rings. The molecule has 5 nitrogen and oxygen atoms in total. The second-order valence-electron chi connectivity index (χ2n) is 6.00. The third-order valence-electron chi connectivity index (χ3n) is 3.90. The number of carbonyl (C=O) groups is 2. The molecule has 1 N–H and O–H groups in total. The van der Waals surface area contributed by atoms with Crippen LogP contribution in [0.1, 0.15) is 54.3 Å². The third-order valence-corrected chi connectivity index (χ3v) is 3.90. The summed E-state index contributed by atoms with van der Waals surface area (Å²) in [6.07, 6.45) is 2.32. The first-order valence-corrected chi connectivity index (χ1v) is 8.50. The SMILES string of the molecule is CCC[C@@H](NC(=O)[C@H](C)OC(=O)c1ccc(C)nc1)c1ccccc1. The van der Waals surface area contributed by atoms with Gasteiger partial charge in [-0.05, 0) is 38.0 Å². The molecule has 1 aromatic heterocycles. The van der Waals surface area contributed by atoms with Crippen molar-refractivity contribution in [2.24, 2.45) is 0 Å². The minimum Gasteiger partial charge on any atom is -0.449 e. The van der Waals surface area contributed by atoms with Crippen LogP contribution in [-0.2, 0) is 9.53 Å². The van der Waals surface area contributed by atoms with Crippen LogP contribution < -0.4 is 5.32 Å². The summed E-state index contributed by atoms with van der Waals surface area (Å²) in [5.41, 5.74) is 2.19. The number of hydrogen-bond acceptors (Lipinski definition) is 4. The molecular formula is C20H24N2O3. The number of ether oxygens (including phenoxy) is 1. The van der Waals surface area contributed by atoms with Crippen LogP contribution in [0.5, 0.6) is 0 Å². The fraction of sp³-hybridized carbons (Fsp3) is 0.350. The van der Waals surface area contributed by atoms with E-state index in [1.54, 1.807) is 19.1 Å². The zero-order valence-corrected chi connectivity index (χ0v) is 14.9. The van der Waals surface area contributed by atoms with Gasteiger partial charge in [0, 0.05) is 11.9 Å². The first-order valence-electron chi connectivity index (χ1n) is 8.50. The van der Waals surface area contributed by atoms with Crippen molar-refractivity contribution in [1.82, 2.24) is 10.3 Å². The van der Waals surface area contributed by atoms with Crippen LogP contribution >= 0.6 is 0 Å². The van der Waals surface area contributed by atoms with Gasteiger partial charge in [-0.3, -0.25) is 9.78 Å². The first kappa shape index (κ1) is 18.6. The van der Waals surface area contributed by atoms with Crippen LogP contribution in [-0.4, -0.2) is 23.0 Å². The number of rotatable bonds is 7. The van der Waals surface area contributed by atoms with Gasteiger partial charge in [0.1, 0.15) is 0 Å². The number of benzene rings is 1. The molecule has 2 aromatic rings. The van der Waals surface area contributed by atoms with Gasteiger partial charge >= 0.3 is 5.97 Å². The van der Waals surface area contributed by atoms with Crippen molar-refractivity contribution in [3.63, 3.8) is 0 Å². The number of nitrogens with zero attached hydrogens (tertiary/aromatic N) is 1. The molecule has 1 aromatic carbocycles. The molecule has 0 radical (unpaired) electrons. The second-order valence-corrected chi connectivity index (χ2v) is 6.00. The Labute approximate surface area is 148 Å². The zero-order valence-electron chi connectivity index (χ0n) is 14.9. The highest BCUT2D eigenvalue weighted by Gasteiger charge is 2.22. The molecule has 0 unspecified atom stereocenters. The van der Waals surface area contributed by atoms with E-state index in [2.05, 4.69) is 17.2 Å². The molecule has 0 aliphatic carbocycles. The Hall–Kier alpha value is -2.69. The van der Waals surface area contributed by atoms with Gasteiger partial charge in [-0.25, -0.2) is 4.79 Å².